The summed E-state index contributed by atoms with van der Waals surface area (Å²) < 4.78 is 11.3. The van der Waals surface area contributed by atoms with E-state index >= 15 is 0 Å². The summed E-state index contributed by atoms with van der Waals surface area (Å²) in [6.07, 6.45) is 4.25. The Balaban J connectivity index is 2.18. The highest BCUT2D eigenvalue weighted by Crippen LogP contribution is 2.41. The van der Waals surface area contributed by atoms with Crippen molar-refractivity contribution in [1.82, 2.24) is 15.5 Å². The molecule has 2 atom stereocenters. The minimum Gasteiger partial charge on any atom is -0.370 e. The van der Waals surface area contributed by atoms with Crippen molar-refractivity contribution in [3.05, 3.63) is 11.7 Å². The van der Waals surface area contributed by atoms with Gasteiger partial charge in [-0.15, -0.1) is 0 Å². The zero-order valence-corrected chi connectivity index (χ0v) is 13.3. The van der Waals surface area contributed by atoms with Gasteiger partial charge in [-0.05, 0) is 45.6 Å². The summed E-state index contributed by atoms with van der Waals surface area (Å²) in [5, 5.41) is 7.43. The third-order valence-corrected chi connectivity index (χ3v) is 4.92. The summed E-state index contributed by atoms with van der Waals surface area (Å²) in [4.78, 5) is 4.63. The standard InChI is InChI=1S/C15H27N3O2/c1-10-6-8-15(19-5,9-7-10)14-17-13(20-18-14)11(2)12(3)16-4/h10-12,16H,6-9H2,1-5H3. The molecule has 1 aromatic heterocycles. The van der Waals surface area contributed by atoms with Crippen LogP contribution in [0.2, 0.25) is 0 Å². The van der Waals surface area contributed by atoms with E-state index < -0.39 is 0 Å². The van der Waals surface area contributed by atoms with Gasteiger partial charge in [-0.1, -0.05) is 19.0 Å². The average molecular weight is 281 g/mol. The van der Waals surface area contributed by atoms with Gasteiger partial charge in [0, 0.05) is 13.2 Å². The molecule has 0 aromatic carbocycles. The molecule has 0 saturated heterocycles. The summed E-state index contributed by atoms with van der Waals surface area (Å²) in [5.41, 5.74) is -0.350. The van der Waals surface area contributed by atoms with Gasteiger partial charge in [0.25, 0.3) is 0 Å². The van der Waals surface area contributed by atoms with E-state index in [0.717, 1.165) is 37.4 Å². The van der Waals surface area contributed by atoms with E-state index in [1.807, 2.05) is 7.05 Å². The minimum absolute atomic E-state index is 0.192. The van der Waals surface area contributed by atoms with Crippen molar-refractivity contribution < 1.29 is 9.26 Å². The van der Waals surface area contributed by atoms with E-state index in [-0.39, 0.29) is 11.5 Å². The maximum absolute atomic E-state index is 5.79. The van der Waals surface area contributed by atoms with Crippen molar-refractivity contribution >= 4 is 0 Å². The summed E-state index contributed by atoms with van der Waals surface area (Å²) in [7, 11) is 3.70. The van der Waals surface area contributed by atoms with Gasteiger partial charge in [0.1, 0.15) is 5.60 Å². The summed E-state index contributed by atoms with van der Waals surface area (Å²) in [5.74, 6) is 2.36. The van der Waals surface area contributed by atoms with Crippen LogP contribution in [0.1, 0.15) is 64.1 Å². The van der Waals surface area contributed by atoms with Crippen LogP contribution in [-0.2, 0) is 10.3 Å². The minimum atomic E-state index is -0.350. The smallest absolute Gasteiger partial charge is 0.231 e. The fourth-order valence-corrected chi connectivity index (χ4v) is 2.82. The molecule has 5 heteroatoms. The first-order valence-corrected chi connectivity index (χ1v) is 7.59. The second-order valence-corrected chi connectivity index (χ2v) is 6.20. The van der Waals surface area contributed by atoms with Gasteiger partial charge in [-0.3, -0.25) is 0 Å². The Labute approximate surface area is 121 Å². The number of methoxy groups -OCH3 is 1. The largest absolute Gasteiger partial charge is 0.370 e. The van der Waals surface area contributed by atoms with Gasteiger partial charge >= 0.3 is 0 Å². The second-order valence-electron chi connectivity index (χ2n) is 6.20. The van der Waals surface area contributed by atoms with Gasteiger partial charge in [-0.25, -0.2) is 0 Å². The fraction of sp³-hybridized carbons (Fsp3) is 0.867. The highest BCUT2D eigenvalue weighted by molar-refractivity contribution is 5.06. The molecule has 1 fully saturated rings. The number of ether oxygens (including phenoxy) is 1. The van der Waals surface area contributed by atoms with E-state index in [9.17, 15) is 0 Å². The molecular weight excluding hydrogens is 254 g/mol. The zero-order chi connectivity index (χ0) is 14.8. The fourth-order valence-electron chi connectivity index (χ4n) is 2.82. The Kier molecular flexibility index (Phi) is 4.81. The molecule has 0 spiro atoms. The SMILES string of the molecule is CNC(C)C(C)c1nc(C2(OC)CCC(C)CC2)no1. The first-order valence-electron chi connectivity index (χ1n) is 7.59. The number of likely N-dealkylation sites (N-methyl/N-ethyl adjacent to an activating group) is 1. The molecule has 2 rings (SSSR count). The highest BCUT2D eigenvalue weighted by atomic mass is 16.5. The molecule has 0 radical (unpaired) electrons. The van der Waals surface area contributed by atoms with Crippen LogP contribution in [0.5, 0.6) is 0 Å². The van der Waals surface area contributed by atoms with Gasteiger partial charge in [0.2, 0.25) is 11.7 Å². The molecule has 1 saturated carbocycles. The Morgan fingerprint density at radius 1 is 1.35 bits per heavy atom. The summed E-state index contributed by atoms with van der Waals surface area (Å²) in [6, 6.07) is 0.299. The normalized spacial score (nSPS) is 30.1. The molecule has 114 valence electrons. The molecule has 1 aliphatic carbocycles. The van der Waals surface area contributed by atoms with E-state index in [2.05, 4.69) is 36.2 Å². The number of rotatable bonds is 5. The van der Waals surface area contributed by atoms with Gasteiger partial charge in [0.15, 0.2) is 0 Å². The first kappa shape index (κ1) is 15.4. The van der Waals surface area contributed by atoms with E-state index in [1.54, 1.807) is 7.11 Å². The molecule has 0 amide bonds. The van der Waals surface area contributed by atoms with Crippen molar-refractivity contribution in [2.24, 2.45) is 5.92 Å². The van der Waals surface area contributed by atoms with Crippen molar-refractivity contribution in [2.75, 3.05) is 14.2 Å². The maximum atomic E-state index is 5.79. The topological polar surface area (TPSA) is 60.2 Å². The number of nitrogens with one attached hydrogen (secondary N) is 1. The highest BCUT2D eigenvalue weighted by Gasteiger charge is 2.40. The molecular formula is C15H27N3O2. The number of aromatic nitrogens is 2. The van der Waals surface area contributed by atoms with E-state index in [0.29, 0.717) is 11.9 Å². The Bertz CT molecular complexity index is 425. The average Bonchev–Trinajstić information content (AvgIpc) is 2.97. The third-order valence-electron chi connectivity index (χ3n) is 4.92. The molecule has 1 aromatic rings. The molecule has 1 N–H and O–H groups in total. The summed E-state index contributed by atoms with van der Waals surface area (Å²) in [6.45, 7) is 6.50. The lowest BCUT2D eigenvalue weighted by atomic mass is 9.79. The van der Waals surface area contributed by atoms with Gasteiger partial charge in [-0.2, -0.15) is 4.98 Å². The van der Waals surface area contributed by atoms with Crippen molar-refractivity contribution in [1.29, 1.82) is 0 Å². The number of nitrogens with zero attached hydrogens (tertiary/aromatic N) is 2. The first-order chi connectivity index (χ1) is 9.52. The van der Waals surface area contributed by atoms with Crippen molar-refractivity contribution in [3.63, 3.8) is 0 Å². The molecule has 1 aliphatic rings. The Morgan fingerprint density at radius 2 is 2.00 bits per heavy atom. The van der Waals surface area contributed by atoms with Crippen molar-refractivity contribution in [2.45, 2.75) is 64.0 Å². The third kappa shape index (κ3) is 2.88. The molecule has 1 heterocycles. The molecule has 0 bridgehead atoms. The lowest BCUT2D eigenvalue weighted by Crippen LogP contribution is -2.34. The van der Waals surface area contributed by atoms with Crippen LogP contribution in [0.3, 0.4) is 0 Å². The number of hydrogen-bond donors (Lipinski definition) is 1. The second kappa shape index (κ2) is 6.22. The predicted molar refractivity (Wildman–Crippen MR) is 77.6 cm³/mol. The van der Waals surface area contributed by atoms with Crippen LogP contribution >= 0.6 is 0 Å². The van der Waals surface area contributed by atoms with Crippen LogP contribution in [0.4, 0.5) is 0 Å². The number of hydrogen-bond acceptors (Lipinski definition) is 5. The van der Waals surface area contributed by atoms with Crippen LogP contribution in [-0.4, -0.2) is 30.3 Å². The zero-order valence-electron chi connectivity index (χ0n) is 13.3. The summed E-state index contributed by atoms with van der Waals surface area (Å²) >= 11 is 0. The Morgan fingerprint density at radius 3 is 2.55 bits per heavy atom. The predicted octanol–water partition coefficient (Wildman–Crippen LogP) is 2.83. The lowest BCUT2D eigenvalue weighted by Gasteiger charge is -2.35. The van der Waals surface area contributed by atoms with Crippen LogP contribution in [0.25, 0.3) is 0 Å². The van der Waals surface area contributed by atoms with E-state index in [4.69, 9.17) is 9.26 Å². The van der Waals surface area contributed by atoms with Gasteiger partial charge < -0.3 is 14.6 Å². The maximum Gasteiger partial charge on any atom is 0.231 e. The van der Waals surface area contributed by atoms with E-state index in [1.165, 1.54) is 0 Å². The quantitative estimate of drug-likeness (QED) is 0.899. The molecule has 0 aliphatic heterocycles. The van der Waals surface area contributed by atoms with Crippen LogP contribution in [0, 0.1) is 5.92 Å². The van der Waals surface area contributed by atoms with Crippen LogP contribution in [0.15, 0.2) is 4.52 Å². The molecule has 5 nitrogen and oxygen atoms in total. The van der Waals surface area contributed by atoms with Crippen LogP contribution < -0.4 is 5.32 Å². The monoisotopic (exact) mass is 281 g/mol. The van der Waals surface area contributed by atoms with Crippen molar-refractivity contribution in [3.8, 4) is 0 Å². The van der Waals surface area contributed by atoms with Gasteiger partial charge in [0.05, 0.1) is 5.92 Å². The lowest BCUT2D eigenvalue weighted by molar-refractivity contribution is -0.0609. The Hall–Kier alpha value is -0.940. The molecule has 2 unspecified atom stereocenters. The molecule has 20 heavy (non-hydrogen) atoms.